The Kier molecular flexibility index (Phi) is 4.52. The standard InChI is InChI=1S/C25H23N5O2/c31-24-18-5-3-4-16-17(23-27-20-6-1-2-7-21(20)28-23)8-9-19(22(16)18)25(32)30(24)15-14-29-12-10-26-11-13-29/h1-9,26H,10-15H2,(H,27,28). The van der Waals surface area contributed by atoms with Crippen LogP contribution in [0.1, 0.15) is 20.7 Å². The number of imide groups is 1. The third-order valence-corrected chi connectivity index (χ3v) is 6.49. The van der Waals surface area contributed by atoms with Gasteiger partial charge in [-0.15, -0.1) is 0 Å². The molecule has 3 heterocycles. The molecule has 2 aliphatic heterocycles. The quantitative estimate of drug-likeness (QED) is 0.492. The van der Waals surface area contributed by atoms with Crippen LogP contribution in [0, 0.1) is 0 Å². The van der Waals surface area contributed by atoms with Gasteiger partial charge < -0.3 is 10.3 Å². The number of piperazine rings is 1. The summed E-state index contributed by atoms with van der Waals surface area (Å²) in [6, 6.07) is 17.3. The van der Waals surface area contributed by atoms with Crippen LogP contribution in [0.5, 0.6) is 0 Å². The number of hydrogen-bond donors (Lipinski definition) is 2. The number of fused-ring (bicyclic) bond motifs is 1. The van der Waals surface area contributed by atoms with Gasteiger partial charge in [0, 0.05) is 61.3 Å². The summed E-state index contributed by atoms with van der Waals surface area (Å²) in [6.07, 6.45) is 0. The number of nitrogens with zero attached hydrogens (tertiary/aromatic N) is 3. The molecule has 0 bridgehead atoms. The Morgan fingerprint density at radius 3 is 2.38 bits per heavy atom. The molecule has 6 rings (SSSR count). The van der Waals surface area contributed by atoms with E-state index in [-0.39, 0.29) is 11.8 Å². The zero-order valence-electron chi connectivity index (χ0n) is 17.6. The highest BCUT2D eigenvalue weighted by Crippen LogP contribution is 2.36. The van der Waals surface area contributed by atoms with Crippen LogP contribution in [0.15, 0.2) is 54.6 Å². The van der Waals surface area contributed by atoms with E-state index in [0.717, 1.165) is 59.4 Å². The number of H-pyrrole nitrogens is 1. The van der Waals surface area contributed by atoms with Gasteiger partial charge in [-0.3, -0.25) is 19.4 Å². The average molecular weight is 425 g/mol. The van der Waals surface area contributed by atoms with Gasteiger partial charge in [-0.05, 0) is 35.7 Å². The van der Waals surface area contributed by atoms with Crippen LogP contribution in [-0.2, 0) is 0 Å². The molecular weight excluding hydrogens is 402 g/mol. The number of aromatic nitrogens is 2. The van der Waals surface area contributed by atoms with Gasteiger partial charge in [0.1, 0.15) is 5.82 Å². The SMILES string of the molecule is O=C1c2cccc3c(-c4nc5ccccc5[nH]4)ccc(c23)C(=O)N1CCN1CCNCC1. The first-order valence-corrected chi connectivity index (χ1v) is 11.0. The summed E-state index contributed by atoms with van der Waals surface area (Å²) >= 11 is 0. The molecular formula is C25H23N5O2. The van der Waals surface area contributed by atoms with E-state index in [1.165, 1.54) is 4.90 Å². The second kappa shape index (κ2) is 7.55. The number of carbonyl (C=O) groups is 2. The Morgan fingerprint density at radius 1 is 0.812 bits per heavy atom. The predicted octanol–water partition coefficient (Wildman–Crippen LogP) is 2.88. The van der Waals surface area contributed by atoms with Crippen LogP contribution in [-0.4, -0.2) is 70.9 Å². The third kappa shape index (κ3) is 3.01. The minimum atomic E-state index is -0.218. The van der Waals surface area contributed by atoms with Crippen LogP contribution >= 0.6 is 0 Å². The number of benzene rings is 3. The summed E-state index contributed by atoms with van der Waals surface area (Å²) in [5.74, 6) is 0.297. The van der Waals surface area contributed by atoms with E-state index in [4.69, 9.17) is 4.98 Å². The number of hydrogen-bond acceptors (Lipinski definition) is 5. The number of rotatable bonds is 4. The maximum atomic E-state index is 13.3. The number of para-hydroxylation sites is 2. The number of nitrogens with one attached hydrogen (secondary N) is 2. The first-order chi connectivity index (χ1) is 15.7. The van der Waals surface area contributed by atoms with E-state index in [0.29, 0.717) is 24.2 Å². The monoisotopic (exact) mass is 425 g/mol. The average Bonchev–Trinajstić information content (AvgIpc) is 3.27. The topological polar surface area (TPSA) is 81.3 Å². The summed E-state index contributed by atoms with van der Waals surface area (Å²) in [6.45, 7) is 4.84. The van der Waals surface area contributed by atoms with Crippen molar-refractivity contribution < 1.29 is 9.59 Å². The molecule has 0 spiro atoms. The Bertz CT molecular complexity index is 1310. The molecule has 0 aliphatic carbocycles. The van der Waals surface area contributed by atoms with Gasteiger partial charge in [-0.25, -0.2) is 4.98 Å². The lowest BCUT2D eigenvalue weighted by Crippen LogP contribution is -2.49. The van der Waals surface area contributed by atoms with E-state index >= 15 is 0 Å². The van der Waals surface area contributed by atoms with Crippen LogP contribution in [0.4, 0.5) is 0 Å². The molecule has 1 aromatic heterocycles. The van der Waals surface area contributed by atoms with Crippen molar-refractivity contribution in [3.8, 4) is 11.4 Å². The van der Waals surface area contributed by atoms with Crippen LogP contribution < -0.4 is 5.32 Å². The molecule has 0 unspecified atom stereocenters. The van der Waals surface area contributed by atoms with Crippen molar-refractivity contribution in [2.24, 2.45) is 0 Å². The fourth-order valence-electron chi connectivity index (χ4n) is 4.81. The van der Waals surface area contributed by atoms with E-state index in [1.807, 2.05) is 54.6 Å². The fraction of sp³-hybridized carbons (Fsp3) is 0.240. The molecule has 1 fully saturated rings. The second-order valence-corrected chi connectivity index (χ2v) is 8.34. The van der Waals surface area contributed by atoms with Crippen LogP contribution in [0.2, 0.25) is 0 Å². The molecule has 7 nitrogen and oxygen atoms in total. The molecule has 0 saturated carbocycles. The summed E-state index contributed by atoms with van der Waals surface area (Å²) in [4.78, 5) is 38.4. The van der Waals surface area contributed by atoms with E-state index in [1.54, 1.807) is 0 Å². The molecule has 2 aliphatic rings. The predicted molar refractivity (Wildman–Crippen MR) is 124 cm³/mol. The largest absolute Gasteiger partial charge is 0.338 e. The highest BCUT2D eigenvalue weighted by molar-refractivity contribution is 6.26. The van der Waals surface area contributed by atoms with E-state index in [2.05, 4.69) is 15.2 Å². The zero-order valence-corrected chi connectivity index (χ0v) is 17.6. The van der Waals surface area contributed by atoms with Crippen molar-refractivity contribution in [2.75, 3.05) is 39.3 Å². The van der Waals surface area contributed by atoms with Gasteiger partial charge in [0.05, 0.1) is 11.0 Å². The maximum absolute atomic E-state index is 13.3. The molecule has 1 saturated heterocycles. The lowest BCUT2D eigenvalue weighted by molar-refractivity contribution is 0.0590. The third-order valence-electron chi connectivity index (χ3n) is 6.49. The first kappa shape index (κ1) is 19.2. The van der Waals surface area contributed by atoms with Crippen molar-refractivity contribution in [3.63, 3.8) is 0 Å². The van der Waals surface area contributed by atoms with E-state index < -0.39 is 0 Å². The number of imidazole rings is 1. The molecule has 3 aromatic carbocycles. The number of carbonyl (C=O) groups excluding carboxylic acids is 2. The second-order valence-electron chi connectivity index (χ2n) is 8.34. The lowest BCUT2D eigenvalue weighted by atomic mass is 9.91. The summed E-state index contributed by atoms with van der Waals surface area (Å²) in [5, 5.41) is 4.91. The van der Waals surface area contributed by atoms with Crippen molar-refractivity contribution in [1.82, 2.24) is 25.1 Å². The Morgan fingerprint density at radius 2 is 1.56 bits per heavy atom. The van der Waals surface area contributed by atoms with Crippen molar-refractivity contribution in [3.05, 3.63) is 65.7 Å². The fourth-order valence-corrected chi connectivity index (χ4v) is 4.81. The normalized spacial score (nSPS) is 16.9. The highest BCUT2D eigenvalue weighted by Gasteiger charge is 2.33. The van der Waals surface area contributed by atoms with Gasteiger partial charge in [-0.1, -0.05) is 24.3 Å². The van der Waals surface area contributed by atoms with Gasteiger partial charge >= 0.3 is 0 Å². The molecule has 0 radical (unpaired) electrons. The summed E-state index contributed by atoms with van der Waals surface area (Å²) < 4.78 is 0. The lowest BCUT2D eigenvalue weighted by Gasteiger charge is -2.32. The highest BCUT2D eigenvalue weighted by atomic mass is 16.2. The van der Waals surface area contributed by atoms with Gasteiger partial charge in [0.25, 0.3) is 11.8 Å². The Balaban J connectivity index is 1.40. The molecule has 2 N–H and O–H groups in total. The summed E-state index contributed by atoms with van der Waals surface area (Å²) in [5.41, 5.74) is 3.88. The maximum Gasteiger partial charge on any atom is 0.261 e. The van der Waals surface area contributed by atoms with Crippen molar-refractivity contribution in [2.45, 2.75) is 0 Å². The molecule has 0 atom stereocenters. The van der Waals surface area contributed by atoms with Crippen molar-refractivity contribution in [1.29, 1.82) is 0 Å². The number of aromatic amines is 1. The van der Waals surface area contributed by atoms with Gasteiger partial charge in [-0.2, -0.15) is 0 Å². The molecule has 160 valence electrons. The molecule has 7 heteroatoms. The summed E-state index contributed by atoms with van der Waals surface area (Å²) in [7, 11) is 0. The minimum absolute atomic E-state index is 0.218. The zero-order chi connectivity index (χ0) is 21.7. The van der Waals surface area contributed by atoms with Gasteiger partial charge in [0.15, 0.2) is 0 Å². The number of amides is 2. The van der Waals surface area contributed by atoms with Gasteiger partial charge in [0.2, 0.25) is 0 Å². The smallest absolute Gasteiger partial charge is 0.261 e. The molecule has 32 heavy (non-hydrogen) atoms. The van der Waals surface area contributed by atoms with Crippen LogP contribution in [0.25, 0.3) is 33.2 Å². The first-order valence-electron chi connectivity index (χ1n) is 11.0. The van der Waals surface area contributed by atoms with Crippen LogP contribution in [0.3, 0.4) is 0 Å². The van der Waals surface area contributed by atoms with Crippen molar-refractivity contribution >= 4 is 33.6 Å². The Labute approximate surface area is 185 Å². The molecule has 2 amide bonds. The molecule has 4 aromatic rings. The minimum Gasteiger partial charge on any atom is -0.338 e. The Hall–Kier alpha value is -3.55. The van der Waals surface area contributed by atoms with E-state index in [9.17, 15) is 9.59 Å².